The van der Waals surface area contributed by atoms with Crippen LogP contribution >= 0.6 is 34.5 Å². The number of carbonyl (C=O) groups excluding carboxylic acids is 1. The Morgan fingerprint density at radius 3 is 2.54 bits per heavy atom. The van der Waals surface area contributed by atoms with Gasteiger partial charge in [-0.15, -0.1) is 11.3 Å². The summed E-state index contributed by atoms with van der Waals surface area (Å²) >= 11 is 8.12. The predicted molar refractivity (Wildman–Crippen MR) is 96.5 cm³/mol. The molecule has 0 saturated carbocycles. The Balaban J connectivity index is 1.98. The van der Waals surface area contributed by atoms with Crippen molar-refractivity contribution >= 4 is 51.3 Å². The molecule has 0 spiro atoms. The summed E-state index contributed by atoms with van der Waals surface area (Å²) in [4.78, 5) is 24.5. The summed E-state index contributed by atoms with van der Waals surface area (Å²) in [5.74, 6) is -1.46. The number of aromatic nitrogens is 1. The lowest BCUT2D eigenvalue weighted by atomic mass is 10.0. The number of carboxylic acids is 1. The molecule has 3 aromatic rings. The normalized spacial score (nSPS) is 10.6. The Kier molecular flexibility index (Phi) is 4.66. The first-order valence-corrected chi connectivity index (χ1v) is 8.84. The summed E-state index contributed by atoms with van der Waals surface area (Å²) in [6, 6.07) is 6.88. The van der Waals surface area contributed by atoms with Crippen molar-refractivity contribution in [3.05, 3.63) is 56.9 Å². The molecule has 122 valence electrons. The Labute approximate surface area is 150 Å². The molecule has 1 aromatic carbocycles. The van der Waals surface area contributed by atoms with Gasteiger partial charge in [0, 0.05) is 22.2 Å². The summed E-state index contributed by atoms with van der Waals surface area (Å²) in [6.45, 7) is 1.78. The highest BCUT2D eigenvalue weighted by atomic mass is 35.5. The van der Waals surface area contributed by atoms with Crippen LogP contribution in [-0.4, -0.2) is 21.4 Å². The van der Waals surface area contributed by atoms with E-state index in [0.717, 1.165) is 22.7 Å². The van der Waals surface area contributed by atoms with Crippen molar-refractivity contribution < 1.29 is 14.7 Å². The molecule has 0 bridgehead atoms. The first-order valence-electron chi connectivity index (χ1n) is 6.80. The molecule has 0 aliphatic rings. The molecule has 0 saturated heterocycles. The van der Waals surface area contributed by atoms with Gasteiger partial charge in [-0.1, -0.05) is 23.7 Å². The van der Waals surface area contributed by atoms with E-state index in [1.54, 1.807) is 42.8 Å². The van der Waals surface area contributed by atoms with Gasteiger partial charge in [0.25, 0.3) is 5.91 Å². The minimum absolute atomic E-state index is 0.0674. The summed E-state index contributed by atoms with van der Waals surface area (Å²) in [5.41, 5.74) is 2.09. The maximum Gasteiger partial charge on any atom is 0.339 e. The summed E-state index contributed by atoms with van der Waals surface area (Å²) < 4.78 is 3.96. The molecule has 2 N–H and O–H groups in total. The molecule has 0 atom stereocenters. The number of carbonyl (C=O) groups is 2. The third-order valence-corrected chi connectivity index (χ3v) is 5.39. The quantitative estimate of drug-likeness (QED) is 0.684. The number of carboxylic acid groups (broad SMARTS) is 1. The van der Waals surface area contributed by atoms with Gasteiger partial charge in [-0.05, 0) is 41.7 Å². The topological polar surface area (TPSA) is 79.3 Å². The first kappa shape index (κ1) is 16.6. The number of hydrogen-bond donors (Lipinski definition) is 2. The molecule has 0 fully saturated rings. The summed E-state index contributed by atoms with van der Waals surface area (Å²) in [7, 11) is 0. The molecule has 0 aliphatic heterocycles. The Bertz CT molecular complexity index is 916. The molecular weight excluding hydrogens is 368 g/mol. The van der Waals surface area contributed by atoms with Crippen LogP contribution in [0, 0.1) is 6.92 Å². The average molecular weight is 379 g/mol. The molecule has 0 aliphatic carbocycles. The molecule has 0 unspecified atom stereocenters. The highest BCUT2D eigenvalue weighted by Gasteiger charge is 2.22. The number of nitrogens with one attached hydrogen (secondary N) is 1. The van der Waals surface area contributed by atoms with Crippen molar-refractivity contribution in [3.8, 4) is 11.1 Å². The number of anilines is 1. The van der Waals surface area contributed by atoms with Crippen LogP contribution in [0.3, 0.4) is 0 Å². The van der Waals surface area contributed by atoms with Crippen molar-refractivity contribution in [1.29, 1.82) is 0 Å². The van der Waals surface area contributed by atoms with Crippen LogP contribution in [0.25, 0.3) is 11.1 Å². The van der Waals surface area contributed by atoms with Crippen LogP contribution in [0.4, 0.5) is 5.00 Å². The highest BCUT2D eigenvalue weighted by Crippen LogP contribution is 2.36. The lowest BCUT2D eigenvalue weighted by Gasteiger charge is -2.05. The van der Waals surface area contributed by atoms with Crippen LogP contribution in [0.15, 0.2) is 35.8 Å². The van der Waals surface area contributed by atoms with E-state index in [9.17, 15) is 14.7 Å². The van der Waals surface area contributed by atoms with Crippen LogP contribution in [-0.2, 0) is 0 Å². The third-order valence-electron chi connectivity index (χ3n) is 3.34. The fourth-order valence-corrected chi connectivity index (χ4v) is 3.90. The SMILES string of the molecule is Cc1cnsc1C(=O)Nc1scc(-c2ccc(Cl)cc2)c1C(=O)O. The van der Waals surface area contributed by atoms with Crippen molar-refractivity contribution in [3.63, 3.8) is 0 Å². The van der Waals surface area contributed by atoms with Gasteiger partial charge < -0.3 is 10.4 Å². The van der Waals surface area contributed by atoms with Crippen molar-refractivity contribution in [2.24, 2.45) is 0 Å². The number of thiophene rings is 1. The molecule has 1 amide bonds. The van der Waals surface area contributed by atoms with Crippen molar-refractivity contribution in [2.45, 2.75) is 6.92 Å². The highest BCUT2D eigenvalue weighted by molar-refractivity contribution is 7.15. The van der Waals surface area contributed by atoms with Crippen molar-refractivity contribution in [1.82, 2.24) is 4.37 Å². The smallest absolute Gasteiger partial charge is 0.339 e. The largest absolute Gasteiger partial charge is 0.478 e. The van der Waals surface area contributed by atoms with E-state index in [2.05, 4.69) is 9.69 Å². The van der Waals surface area contributed by atoms with Crippen LogP contribution in [0.1, 0.15) is 25.6 Å². The van der Waals surface area contributed by atoms with Crippen LogP contribution in [0.5, 0.6) is 0 Å². The molecular formula is C16H11ClN2O3S2. The van der Waals surface area contributed by atoms with E-state index < -0.39 is 5.97 Å². The van der Waals surface area contributed by atoms with Gasteiger partial charge in [-0.3, -0.25) is 4.79 Å². The second-order valence-corrected chi connectivity index (χ2v) is 7.08. The van der Waals surface area contributed by atoms with Crippen LogP contribution in [0.2, 0.25) is 5.02 Å². The fraction of sp³-hybridized carbons (Fsp3) is 0.0625. The number of rotatable bonds is 4. The molecule has 0 radical (unpaired) electrons. The van der Waals surface area contributed by atoms with Gasteiger partial charge in [0.15, 0.2) is 0 Å². The van der Waals surface area contributed by atoms with Crippen molar-refractivity contribution in [2.75, 3.05) is 5.32 Å². The van der Waals surface area contributed by atoms with Gasteiger partial charge in [0.1, 0.15) is 15.4 Å². The van der Waals surface area contributed by atoms with Crippen LogP contribution < -0.4 is 5.32 Å². The summed E-state index contributed by atoms with van der Waals surface area (Å²) in [5, 5.41) is 14.8. The van der Waals surface area contributed by atoms with E-state index in [0.29, 0.717) is 20.5 Å². The third kappa shape index (κ3) is 3.19. The molecule has 24 heavy (non-hydrogen) atoms. The number of nitrogens with zero attached hydrogens (tertiary/aromatic N) is 1. The van der Waals surface area contributed by atoms with E-state index in [1.165, 1.54) is 11.3 Å². The van der Waals surface area contributed by atoms with Gasteiger partial charge in [0.05, 0.1) is 0 Å². The second-order valence-electron chi connectivity index (χ2n) is 4.96. The number of benzene rings is 1. The fourth-order valence-electron chi connectivity index (χ4n) is 2.17. The Morgan fingerprint density at radius 1 is 1.25 bits per heavy atom. The zero-order valence-electron chi connectivity index (χ0n) is 12.4. The number of amides is 1. The standard InChI is InChI=1S/C16H11ClN2O3S2/c1-8-6-18-24-13(8)14(20)19-15-12(16(21)22)11(7-23-15)9-2-4-10(17)5-3-9/h2-7H,1H3,(H,19,20)(H,21,22). The molecule has 8 heteroatoms. The molecule has 2 aromatic heterocycles. The molecule has 5 nitrogen and oxygen atoms in total. The van der Waals surface area contributed by atoms with Gasteiger partial charge in [-0.25, -0.2) is 9.17 Å². The lowest BCUT2D eigenvalue weighted by Crippen LogP contribution is -2.13. The Hall–Kier alpha value is -2.22. The maximum atomic E-state index is 12.3. The number of hydrogen-bond acceptors (Lipinski definition) is 5. The van der Waals surface area contributed by atoms with Gasteiger partial charge in [0.2, 0.25) is 0 Å². The number of aryl methyl sites for hydroxylation is 1. The van der Waals surface area contributed by atoms with E-state index in [4.69, 9.17) is 11.6 Å². The Morgan fingerprint density at radius 2 is 1.96 bits per heavy atom. The van der Waals surface area contributed by atoms with Gasteiger partial charge >= 0.3 is 5.97 Å². The monoisotopic (exact) mass is 378 g/mol. The second kappa shape index (κ2) is 6.72. The molecule has 3 rings (SSSR count). The minimum atomic E-state index is -1.10. The molecule has 2 heterocycles. The maximum absolute atomic E-state index is 12.3. The van der Waals surface area contributed by atoms with E-state index in [1.807, 2.05) is 0 Å². The number of aromatic carboxylic acids is 1. The predicted octanol–water partition coefficient (Wildman–Crippen LogP) is 4.78. The lowest BCUT2D eigenvalue weighted by molar-refractivity contribution is 0.0699. The average Bonchev–Trinajstić information content (AvgIpc) is 3.14. The zero-order chi connectivity index (χ0) is 17.3. The zero-order valence-corrected chi connectivity index (χ0v) is 14.8. The van der Waals surface area contributed by atoms with E-state index in [-0.39, 0.29) is 11.5 Å². The summed E-state index contributed by atoms with van der Waals surface area (Å²) in [6.07, 6.45) is 1.60. The first-order chi connectivity index (χ1) is 11.5. The number of halogens is 1. The minimum Gasteiger partial charge on any atom is -0.478 e. The van der Waals surface area contributed by atoms with Gasteiger partial charge in [-0.2, -0.15) is 0 Å². The van der Waals surface area contributed by atoms with E-state index >= 15 is 0 Å².